The number of H-pyrrole nitrogens is 6. The predicted octanol–water partition coefficient (Wildman–Crippen LogP) is 11.4. The third kappa shape index (κ3) is 8.74. The Bertz CT molecular complexity index is 4140. The van der Waals surface area contributed by atoms with Gasteiger partial charge in [0.05, 0.1) is 61.8 Å². The second kappa shape index (κ2) is 17.6. The van der Waals surface area contributed by atoms with Gasteiger partial charge in [0.25, 0.3) is 0 Å². The van der Waals surface area contributed by atoms with Gasteiger partial charge >= 0.3 is 11.9 Å². The molecule has 12 aromatic rings. The molecule has 6 aromatic heterocycles. The SMILES string of the molecule is COC(=O)c1ccc2[nH]c(-c3n[nH]c4cc(Cl)ccc34)cc2c1.NS(=O)(=O)c1ccc2[nH]c(-c3n[nH]c4cc(Cl)c(F)cc34)cc2c1.O=C(O)c1ccc2[nH]c(-c3n[nH]c4cc(Cl)ccc34)cc2c1. The second-order valence-corrected chi connectivity index (χ2v) is 18.5. The molecular formula is C48H32Cl3FN10O6S. The molecule has 0 aliphatic heterocycles. The zero-order chi connectivity index (χ0) is 48.3. The number of nitrogens with one attached hydrogen (secondary N) is 6. The number of carboxylic acids is 1. The van der Waals surface area contributed by atoms with Crippen molar-refractivity contribution in [2.45, 2.75) is 4.90 Å². The molecule has 69 heavy (non-hydrogen) atoms. The number of hydrogen-bond donors (Lipinski definition) is 8. The smallest absolute Gasteiger partial charge is 0.337 e. The highest BCUT2D eigenvalue weighted by Crippen LogP contribution is 2.34. The number of benzene rings is 6. The quantitative estimate of drug-likeness (QED) is 0.0736. The predicted molar refractivity (Wildman–Crippen MR) is 265 cm³/mol. The Kier molecular flexibility index (Phi) is 11.4. The minimum atomic E-state index is -3.78. The summed E-state index contributed by atoms with van der Waals surface area (Å²) in [5.74, 6) is -1.83. The van der Waals surface area contributed by atoms with Crippen LogP contribution in [0.2, 0.25) is 15.1 Å². The molecule has 6 aromatic carbocycles. The lowest BCUT2D eigenvalue weighted by atomic mass is 10.1. The van der Waals surface area contributed by atoms with Gasteiger partial charge in [0, 0.05) is 58.9 Å². The molecule has 0 amide bonds. The molecule has 0 bridgehead atoms. The molecule has 16 nitrogen and oxygen atoms in total. The molecular weight excluding hydrogens is 970 g/mol. The van der Waals surface area contributed by atoms with Crippen molar-refractivity contribution in [3.05, 3.63) is 153 Å². The lowest BCUT2D eigenvalue weighted by Gasteiger charge is -1.98. The summed E-state index contributed by atoms with van der Waals surface area (Å²) < 4.78 is 41.4. The summed E-state index contributed by atoms with van der Waals surface area (Å²) in [6, 6.07) is 34.4. The van der Waals surface area contributed by atoms with Crippen LogP contribution in [0.5, 0.6) is 0 Å². The molecule has 0 fully saturated rings. The van der Waals surface area contributed by atoms with E-state index in [2.05, 4.69) is 45.5 Å². The number of sulfonamides is 1. The van der Waals surface area contributed by atoms with Gasteiger partial charge < -0.3 is 24.8 Å². The fourth-order valence-electron chi connectivity index (χ4n) is 7.92. The maximum absolute atomic E-state index is 13.7. The molecule has 0 aliphatic carbocycles. The highest BCUT2D eigenvalue weighted by molar-refractivity contribution is 7.89. The third-order valence-corrected chi connectivity index (χ3v) is 12.9. The molecule has 0 aliphatic rings. The van der Waals surface area contributed by atoms with Gasteiger partial charge in [-0.3, -0.25) is 15.3 Å². The summed E-state index contributed by atoms with van der Waals surface area (Å²) in [4.78, 5) is 32.4. The molecule has 12 rings (SSSR count). The van der Waals surface area contributed by atoms with Gasteiger partial charge in [0.2, 0.25) is 10.0 Å². The summed E-state index contributed by atoms with van der Waals surface area (Å²) in [5, 5.41) is 42.0. The Morgan fingerprint density at radius 3 is 1.51 bits per heavy atom. The first-order valence-electron chi connectivity index (χ1n) is 20.4. The average molecular weight is 1000 g/mol. The van der Waals surface area contributed by atoms with E-state index in [1.54, 1.807) is 42.5 Å². The van der Waals surface area contributed by atoms with Crippen molar-refractivity contribution in [3.63, 3.8) is 0 Å². The molecule has 0 radical (unpaired) electrons. The van der Waals surface area contributed by atoms with E-state index in [1.165, 1.54) is 31.4 Å². The number of esters is 1. The van der Waals surface area contributed by atoms with E-state index in [4.69, 9.17) is 49.8 Å². The zero-order valence-electron chi connectivity index (χ0n) is 35.4. The van der Waals surface area contributed by atoms with E-state index in [0.29, 0.717) is 48.8 Å². The number of ether oxygens (including phenoxy) is 1. The van der Waals surface area contributed by atoms with Gasteiger partial charge in [-0.15, -0.1) is 0 Å². The van der Waals surface area contributed by atoms with Gasteiger partial charge in [-0.25, -0.2) is 27.5 Å². The molecule has 0 unspecified atom stereocenters. The molecule has 6 heterocycles. The van der Waals surface area contributed by atoms with Crippen LogP contribution in [0.25, 0.3) is 99.6 Å². The maximum atomic E-state index is 13.7. The number of carboxylic acid groups (broad SMARTS) is 1. The van der Waals surface area contributed by atoms with Gasteiger partial charge in [0.1, 0.15) is 22.9 Å². The van der Waals surface area contributed by atoms with Gasteiger partial charge in [-0.05, 0) is 121 Å². The van der Waals surface area contributed by atoms with Gasteiger partial charge in [0.15, 0.2) is 0 Å². The Morgan fingerprint density at radius 1 is 0.565 bits per heavy atom. The lowest BCUT2D eigenvalue weighted by Crippen LogP contribution is -2.11. The van der Waals surface area contributed by atoms with Gasteiger partial charge in [-0.2, -0.15) is 15.3 Å². The third-order valence-electron chi connectivity index (χ3n) is 11.2. The number of carbonyl (C=O) groups excluding carboxylic acids is 1. The molecule has 0 saturated heterocycles. The van der Waals surface area contributed by atoms with Crippen LogP contribution in [0.15, 0.2) is 126 Å². The van der Waals surface area contributed by atoms with Crippen LogP contribution in [0, 0.1) is 5.82 Å². The van der Waals surface area contributed by atoms with Crippen LogP contribution >= 0.6 is 34.8 Å². The van der Waals surface area contributed by atoms with Crippen molar-refractivity contribution < 1.29 is 32.2 Å². The van der Waals surface area contributed by atoms with Crippen molar-refractivity contribution in [1.82, 2.24) is 45.5 Å². The number of hydrogen-bond acceptors (Lipinski definition) is 8. The Morgan fingerprint density at radius 2 is 1.01 bits per heavy atom. The van der Waals surface area contributed by atoms with E-state index in [9.17, 15) is 22.4 Å². The number of aromatic carboxylic acids is 1. The number of halogens is 4. The highest BCUT2D eigenvalue weighted by Gasteiger charge is 2.17. The van der Waals surface area contributed by atoms with E-state index in [1.807, 2.05) is 54.6 Å². The summed E-state index contributed by atoms with van der Waals surface area (Å²) in [7, 11) is -2.41. The van der Waals surface area contributed by atoms with E-state index >= 15 is 0 Å². The summed E-state index contributed by atoms with van der Waals surface area (Å²) in [5.41, 5.74) is 10.0. The lowest BCUT2D eigenvalue weighted by molar-refractivity contribution is 0.0600. The highest BCUT2D eigenvalue weighted by atomic mass is 35.5. The largest absolute Gasteiger partial charge is 0.478 e. The first kappa shape index (κ1) is 44.8. The van der Waals surface area contributed by atoms with Crippen LogP contribution in [-0.4, -0.2) is 78.1 Å². The minimum Gasteiger partial charge on any atom is -0.478 e. The average Bonchev–Trinajstić information content (AvgIpc) is 4.19. The maximum Gasteiger partial charge on any atom is 0.337 e. The number of methoxy groups -OCH3 is 1. The monoisotopic (exact) mass is 1000 g/mol. The van der Waals surface area contributed by atoms with Crippen LogP contribution in [0.4, 0.5) is 4.39 Å². The zero-order valence-corrected chi connectivity index (χ0v) is 38.5. The number of nitrogens with zero attached hydrogens (tertiary/aromatic N) is 3. The molecule has 0 spiro atoms. The first-order chi connectivity index (χ1) is 33.1. The summed E-state index contributed by atoms with van der Waals surface area (Å²) >= 11 is 17.7. The van der Waals surface area contributed by atoms with E-state index < -0.39 is 21.8 Å². The van der Waals surface area contributed by atoms with Crippen molar-refractivity contribution in [1.29, 1.82) is 0 Å². The number of aromatic nitrogens is 9. The van der Waals surface area contributed by atoms with Crippen LogP contribution in [0.1, 0.15) is 20.7 Å². The van der Waals surface area contributed by atoms with Crippen LogP contribution in [0.3, 0.4) is 0 Å². The number of fused-ring (bicyclic) bond motifs is 6. The van der Waals surface area contributed by atoms with E-state index in [-0.39, 0.29) is 21.5 Å². The summed E-state index contributed by atoms with van der Waals surface area (Å²) in [6.07, 6.45) is 0. The normalized spacial score (nSPS) is 11.6. The van der Waals surface area contributed by atoms with Crippen molar-refractivity contribution in [2.24, 2.45) is 5.14 Å². The Hall–Kier alpha value is -8.00. The van der Waals surface area contributed by atoms with Crippen molar-refractivity contribution in [2.75, 3.05) is 7.11 Å². The van der Waals surface area contributed by atoms with Crippen LogP contribution < -0.4 is 5.14 Å². The van der Waals surface area contributed by atoms with Crippen molar-refractivity contribution >= 4 is 122 Å². The Balaban J connectivity index is 0.000000120. The number of carbonyl (C=O) groups is 2. The minimum absolute atomic E-state index is 0.00661. The number of primary sulfonamides is 1. The standard InChI is InChI=1S/C17H12ClN3O2.C16H10ClN3O2.C15H10ClFN4O2S/c1-23-17(22)9-2-5-13-10(6-9)7-15(19-13)16-12-4-3-11(18)8-14(12)20-21-16;17-10-2-3-11-13(7-10)19-20-15(11)14-6-9-5-8(16(21)22)1-4-12(9)18-14;16-10-6-13-9(5-11(10)17)15(21-20-13)14-4-7-3-8(24(18,22)23)1-2-12(7)19-14/h2-8,19H,1H3,(H,20,21);1-7,18H,(H,19,20)(H,21,22);1-6,19H,(H,20,21)(H2,18,22,23). The summed E-state index contributed by atoms with van der Waals surface area (Å²) in [6.45, 7) is 0. The molecule has 9 N–H and O–H groups in total. The van der Waals surface area contributed by atoms with Gasteiger partial charge in [-0.1, -0.05) is 34.8 Å². The fourth-order valence-corrected chi connectivity index (χ4v) is 8.98. The molecule has 344 valence electrons. The Labute approximate surface area is 402 Å². The number of rotatable bonds is 6. The molecule has 0 saturated carbocycles. The molecule has 0 atom stereocenters. The van der Waals surface area contributed by atoms with Crippen LogP contribution in [-0.2, 0) is 14.8 Å². The number of nitrogens with two attached hydrogens (primary N) is 1. The number of aromatic amines is 6. The van der Waals surface area contributed by atoms with E-state index in [0.717, 1.165) is 66.4 Å². The van der Waals surface area contributed by atoms with Crippen molar-refractivity contribution in [3.8, 4) is 34.2 Å². The second-order valence-electron chi connectivity index (χ2n) is 15.7. The molecule has 21 heteroatoms. The topological polar surface area (TPSA) is 257 Å². The fraction of sp³-hybridized carbons (Fsp3) is 0.0208. The first-order valence-corrected chi connectivity index (χ1v) is 23.1.